The summed E-state index contributed by atoms with van der Waals surface area (Å²) in [6.07, 6.45) is 2.01. The van der Waals surface area contributed by atoms with Crippen molar-refractivity contribution in [3.8, 4) is 17.5 Å². The molecule has 0 unspecified atom stereocenters. The van der Waals surface area contributed by atoms with E-state index in [0.717, 1.165) is 5.56 Å². The van der Waals surface area contributed by atoms with Gasteiger partial charge in [-0.25, -0.2) is 4.39 Å². The predicted octanol–water partition coefficient (Wildman–Crippen LogP) is 2.73. The molecule has 0 aliphatic carbocycles. The van der Waals surface area contributed by atoms with Crippen LogP contribution < -0.4 is 0 Å². The van der Waals surface area contributed by atoms with Crippen LogP contribution in [0.1, 0.15) is 6.42 Å². The van der Waals surface area contributed by atoms with E-state index in [4.69, 9.17) is 5.26 Å². The topological polar surface area (TPSA) is 74.8 Å². The number of aromatic nitrogens is 3. The average molecular weight is 359 g/mol. The number of carbonyl (C=O) groups excluding carboxylic acids is 1. The summed E-state index contributed by atoms with van der Waals surface area (Å²) < 4.78 is 14.9. The lowest BCUT2D eigenvalue weighted by Gasteiger charge is -2.15. The van der Waals surface area contributed by atoms with Crippen LogP contribution in [0.15, 0.2) is 42.1 Å². The van der Waals surface area contributed by atoms with E-state index in [2.05, 4.69) is 16.8 Å². The third-order valence-electron chi connectivity index (χ3n) is 3.44. The van der Waals surface area contributed by atoms with E-state index in [1.54, 1.807) is 25.3 Å². The first-order valence-corrected chi connectivity index (χ1v) is 8.59. The Morgan fingerprint density at radius 1 is 1.44 bits per heavy atom. The minimum atomic E-state index is -0.320. The van der Waals surface area contributed by atoms with Gasteiger partial charge in [-0.1, -0.05) is 17.8 Å². The molecule has 6 nitrogen and oxygen atoms in total. The van der Waals surface area contributed by atoms with Gasteiger partial charge in [0.25, 0.3) is 0 Å². The molecule has 1 aromatic heterocycles. The summed E-state index contributed by atoms with van der Waals surface area (Å²) in [6.45, 7) is 4.60. The number of rotatable bonds is 8. The van der Waals surface area contributed by atoms with Crippen LogP contribution in [-0.2, 0) is 11.3 Å². The Morgan fingerprint density at radius 2 is 2.16 bits per heavy atom. The molecule has 0 fully saturated rings. The highest BCUT2D eigenvalue weighted by molar-refractivity contribution is 7.99. The number of hydrogen-bond donors (Lipinski definition) is 0. The van der Waals surface area contributed by atoms with E-state index < -0.39 is 0 Å². The predicted molar refractivity (Wildman–Crippen MR) is 94.2 cm³/mol. The average Bonchev–Trinajstić information content (AvgIpc) is 3.01. The Balaban J connectivity index is 2.13. The molecule has 0 radical (unpaired) electrons. The zero-order valence-corrected chi connectivity index (χ0v) is 14.7. The molecule has 130 valence electrons. The van der Waals surface area contributed by atoms with Gasteiger partial charge in [0.15, 0.2) is 11.0 Å². The Hall–Kier alpha value is -2.66. The summed E-state index contributed by atoms with van der Waals surface area (Å²) in [5, 5.41) is 17.5. The van der Waals surface area contributed by atoms with Gasteiger partial charge in [0.2, 0.25) is 5.91 Å². The van der Waals surface area contributed by atoms with E-state index in [1.807, 2.05) is 10.6 Å². The molecule has 0 atom stereocenters. The molecule has 8 heteroatoms. The van der Waals surface area contributed by atoms with Crippen molar-refractivity contribution in [3.63, 3.8) is 0 Å². The highest BCUT2D eigenvalue weighted by atomic mass is 32.2. The first-order valence-electron chi connectivity index (χ1n) is 7.60. The minimum Gasteiger partial charge on any atom is -0.344 e. The largest absolute Gasteiger partial charge is 0.344 e. The number of halogens is 1. The van der Waals surface area contributed by atoms with Gasteiger partial charge in [-0.15, -0.1) is 16.8 Å². The van der Waals surface area contributed by atoms with Crippen LogP contribution in [0.25, 0.3) is 11.4 Å². The summed E-state index contributed by atoms with van der Waals surface area (Å²) >= 11 is 1.27. The Labute approximate surface area is 150 Å². The van der Waals surface area contributed by atoms with Gasteiger partial charge in [-0.05, 0) is 24.3 Å². The molecule has 0 bridgehead atoms. The van der Waals surface area contributed by atoms with Crippen LogP contribution in [0.5, 0.6) is 0 Å². The second-order valence-electron chi connectivity index (χ2n) is 5.22. The van der Waals surface area contributed by atoms with Gasteiger partial charge in [-0.3, -0.25) is 9.36 Å². The molecule has 0 aliphatic heterocycles. The zero-order valence-electron chi connectivity index (χ0n) is 13.9. The Morgan fingerprint density at radius 3 is 2.80 bits per heavy atom. The molecule has 1 aromatic carbocycles. The SMILES string of the molecule is C=CCn1c(SCC(=O)N(C)CCC#N)nnc1-c1ccc(F)cc1. The maximum atomic E-state index is 13.1. The molecule has 1 amide bonds. The summed E-state index contributed by atoms with van der Waals surface area (Å²) in [7, 11) is 1.67. The van der Waals surface area contributed by atoms with Crippen LogP contribution in [0, 0.1) is 17.1 Å². The van der Waals surface area contributed by atoms with E-state index in [-0.39, 0.29) is 17.5 Å². The lowest BCUT2D eigenvalue weighted by atomic mass is 10.2. The lowest BCUT2D eigenvalue weighted by molar-refractivity contribution is -0.127. The molecule has 0 aliphatic rings. The highest BCUT2D eigenvalue weighted by Gasteiger charge is 2.16. The fourth-order valence-corrected chi connectivity index (χ4v) is 2.97. The number of amides is 1. The van der Waals surface area contributed by atoms with Crippen LogP contribution >= 0.6 is 11.8 Å². The maximum absolute atomic E-state index is 13.1. The smallest absolute Gasteiger partial charge is 0.232 e. The Kier molecular flexibility index (Phi) is 6.71. The minimum absolute atomic E-state index is 0.0864. The van der Waals surface area contributed by atoms with Gasteiger partial charge in [0.05, 0.1) is 18.2 Å². The molecule has 25 heavy (non-hydrogen) atoms. The van der Waals surface area contributed by atoms with Gasteiger partial charge < -0.3 is 4.90 Å². The standard InChI is InChI=1S/C17H18FN5OS/c1-3-10-23-16(13-5-7-14(18)8-6-13)20-21-17(23)25-12-15(24)22(2)11-4-9-19/h3,5-8H,1,4,10-12H2,2H3. The van der Waals surface area contributed by atoms with Crippen LogP contribution in [0.3, 0.4) is 0 Å². The van der Waals surface area contributed by atoms with Crippen molar-refractivity contribution >= 4 is 17.7 Å². The molecule has 2 aromatic rings. The van der Waals surface area contributed by atoms with Crippen molar-refractivity contribution in [2.45, 2.75) is 18.1 Å². The van der Waals surface area contributed by atoms with Gasteiger partial charge in [0.1, 0.15) is 5.82 Å². The quantitative estimate of drug-likeness (QED) is 0.535. The van der Waals surface area contributed by atoms with Gasteiger partial charge in [0, 0.05) is 25.7 Å². The van der Waals surface area contributed by atoms with Crippen molar-refractivity contribution < 1.29 is 9.18 Å². The van der Waals surface area contributed by atoms with Gasteiger partial charge >= 0.3 is 0 Å². The second-order valence-corrected chi connectivity index (χ2v) is 6.17. The Bertz CT molecular complexity index is 781. The van der Waals surface area contributed by atoms with E-state index in [0.29, 0.717) is 30.5 Å². The molecule has 0 spiro atoms. The molecule has 1 heterocycles. The van der Waals surface area contributed by atoms with Gasteiger partial charge in [-0.2, -0.15) is 5.26 Å². The summed E-state index contributed by atoms with van der Waals surface area (Å²) in [5.41, 5.74) is 0.736. The van der Waals surface area contributed by atoms with Crippen LogP contribution in [-0.4, -0.2) is 44.9 Å². The lowest BCUT2D eigenvalue weighted by Crippen LogP contribution is -2.29. The van der Waals surface area contributed by atoms with E-state index in [1.165, 1.54) is 28.8 Å². The number of thioether (sulfide) groups is 1. The van der Waals surface area contributed by atoms with Crippen molar-refractivity contribution in [2.24, 2.45) is 0 Å². The van der Waals surface area contributed by atoms with Crippen molar-refractivity contribution in [3.05, 3.63) is 42.7 Å². The van der Waals surface area contributed by atoms with E-state index >= 15 is 0 Å². The highest BCUT2D eigenvalue weighted by Crippen LogP contribution is 2.24. The summed E-state index contributed by atoms with van der Waals surface area (Å²) in [4.78, 5) is 13.6. The first-order chi connectivity index (χ1) is 12.1. The molecule has 2 rings (SSSR count). The molecular formula is C17H18FN5OS. The third kappa shape index (κ3) is 4.90. The zero-order chi connectivity index (χ0) is 18.2. The summed E-state index contributed by atoms with van der Waals surface area (Å²) in [5.74, 6) is 0.379. The van der Waals surface area contributed by atoms with Crippen molar-refractivity contribution in [1.29, 1.82) is 5.26 Å². The molecule has 0 saturated heterocycles. The fraction of sp³-hybridized carbons (Fsp3) is 0.294. The van der Waals surface area contributed by atoms with Crippen LogP contribution in [0.4, 0.5) is 4.39 Å². The number of carbonyl (C=O) groups is 1. The molecular weight excluding hydrogens is 341 g/mol. The maximum Gasteiger partial charge on any atom is 0.232 e. The van der Waals surface area contributed by atoms with Crippen LogP contribution in [0.2, 0.25) is 0 Å². The number of allylic oxidation sites excluding steroid dienone is 1. The number of nitriles is 1. The monoisotopic (exact) mass is 359 g/mol. The normalized spacial score (nSPS) is 10.3. The number of benzene rings is 1. The number of hydrogen-bond acceptors (Lipinski definition) is 5. The third-order valence-corrected chi connectivity index (χ3v) is 4.39. The number of nitrogens with zero attached hydrogens (tertiary/aromatic N) is 5. The fourth-order valence-electron chi connectivity index (χ4n) is 2.08. The summed E-state index contributed by atoms with van der Waals surface area (Å²) in [6, 6.07) is 8.01. The molecule has 0 saturated carbocycles. The first kappa shape index (κ1) is 18.7. The van der Waals surface area contributed by atoms with Crippen molar-refractivity contribution in [2.75, 3.05) is 19.3 Å². The van der Waals surface area contributed by atoms with Crippen molar-refractivity contribution in [1.82, 2.24) is 19.7 Å². The molecule has 0 N–H and O–H groups in total. The van der Waals surface area contributed by atoms with E-state index in [9.17, 15) is 9.18 Å². The second kappa shape index (κ2) is 8.99.